The van der Waals surface area contributed by atoms with Crippen LogP contribution in [0.15, 0.2) is 60.7 Å². The molecule has 1 spiro atoms. The first-order valence-electron chi connectivity index (χ1n) is 13.3. The second-order valence-electron chi connectivity index (χ2n) is 11.8. The van der Waals surface area contributed by atoms with E-state index in [4.69, 9.17) is 18.6 Å². The molecular weight excluding hydrogens is 496 g/mol. The Morgan fingerprint density at radius 2 is 1.84 bits per heavy atom. The summed E-state index contributed by atoms with van der Waals surface area (Å²) in [6, 6.07) is 15.2. The summed E-state index contributed by atoms with van der Waals surface area (Å²) in [5, 5.41) is -0.195. The molecule has 1 heterocycles. The fourth-order valence-corrected chi connectivity index (χ4v) is 7.02. The maximum absolute atomic E-state index is 14.4. The highest BCUT2D eigenvalue weighted by atomic mass is 28.4. The Bertz CT molecular complexity index is 1190. The highest BCUT2D eigenvalue weighted by molar-refractivity contribution is 6.74. The molecule has 7 heteroatoms. The summed E-state index contributed by atoms with van der Waals surface area (Å²) < 4.78 is 26.2. The average molecular weight is 537 g/mol. The van der Waals surface area contributed by atoms with Gasteiger partial charge in [0.05, 0.1) is 19.3 Å². The van der Waals surface area contributed by atoms with E-state index in [0.29, 0.717) is 29.9 Å². The quantitative estimate of drug-likeness (QED) is 0.221. The highest BCUT2D eigenvalue weighted by Crippen LogP contribution is 2.59. The lowest BCUT2D eigenvalue weighted by Crippen LogP contribution is -2.71. The van der Waals surface area contributed by atoms with Gasteiger partial charge < -0.3 is 18.6 Å². The van der Waals surface area contributed by atoms with E-state index in [9.17, 15) is 9.59 Å². The van der Waals surface area contributed by atoms with Crippen molar-refractivity contribution in [2.24, 2.45) is 0 Å². The van der Waals surface area contributed by atoms with Gasteiger partial charge in [-0.05, 0) is 49.0 Å². The summed E-state index contributed by atoms with van der Waals surface area (Å²) in [6.07, 6.45) is 1.84. The fraction of sp³-hybridized carbons (Fsp3) is 0.484. The van der Waals surface area contributed by atoms with Crippen molar-refractivity contribution >= 4 is 20.4 Å². The minimum Gasteiger partial charge on any atom is -0.496 e. The van der Waals surface area contributed by atoms with Gasteiger partial charge >= 0.3 is 0 Å². The Morgan fingerprint density at radius 3 is 2.42 bits per heavy atom. The summed E-state index contributed by atoms with van der Waals surface area (Å²) in [6.45, 7) is 15.6. The second-order valence-corrected chi connectivity index (χ2v) is 16.5. The van der Waals surface area contributed by atoms with Crippen molar-refractivity contribution < 1.29 is 28.2 Å². The van der Waals surface area contributed by atoms with Gasteiger partial charge in [-0.3, -0.25) is 9.59 Å². The summed E-state index contributed by atoms with van der Waals surface area (Å²) in [5.74, 6) is 0.178. The number of carbonyl (C=O) groups excluding carboxylic acids is 2. The van der Waals surface area contributed by atoms with Crippen molar-refractivity contribution in [3.05, 3.63) is 77.4 Å². The van der Waals surface area contributed by atoms with Gasteiger partial charge in [0.1, 0.15) is 23.2 Å². The number of hydrogen-bond acceptors (Lipinski definition) is 6. The van der Waals surface area contributed by atoms with Crippen LogP contribution in [0.4, 0.5) is 0 Å². The smallest absolute Gasteiger partial charge is 0.198 e. The number of ketones is 1. The summed E-state index contributed by atoms with van der Waals surface area (Å²) in [7, 11) is -1.06. The number of fused-ring (bicyclic) bond motifs is 1. The van der Waals surface area contributed by atoms with E-state index in [1.54, 1.807) is 6.07 Å². The van der Waals surface area contributed by atoms with Gasteiger partial charge in [0, 0.05) is 17.7 Å². The van der Waals surface area contributed by atoms with Gasteiger partial charge in [-0.2, -0.15) is 0 Å². The zero-order valence-electron chi connectivity index (χ0n) is 23.5. The van der Waals surface area contributed by atoms with E-state index in [2.05, 4.69) is 40.4 Å². The average Bonchev–Trinajstić information content (AvgIpc) is 2.90. The second kappa shape index (κ2) is 10.5. The lowest BCUT2D eigenvalue weighted by Gasteiger charge is -2.60. The van der Waals surface area contributed by atoms with Crippen LogP contribution in [0.5, 0.6) is 5.75 Å². The zero-order chi connectivity index (χ0) is 27.8. The lowest BCUT2D eigenvalue weighted by atomic mass is 9.60. The standard InChI is InChI=1S/C31H40O6Si/c1-22(20-32)31(37-38(6,7)29(2,3)4)24-16-13-17-25(34-5)26(24)27(33)28(30(31)18-11-12-19-36-30)35-21-23-14-9-8-10-15-23/h8-10,13-17,20,28H,1,11-12,18-19,21H2,2-7H3/t28?,30-,31?/m1/s1. The molecule has 4 rings (SSSR count). The van der Waals surface area contributed by atoms with Crippen LogP contribution in [0.3, 0.4) is 0 Å². The summed E-state index contributed by atoms with van der Waals surface area (Å²) in [4.78, 5) is 27.1. The number of aldehydes is 1. The lowest BCUT2D eigenvalue weighted by molar-refractivity contribution is -0.235. The molecule has 1 saturated heterocycles. The normalized spacial score (nSPS) is 25.6. The summed E-state index contributed by atoms with van der Waals surface area (Å²) >= 11 is 0. The molecule has 0 N–H and O–H groups in total. The Hall–Kier alpha value is -2.58. The first-order valence-corrected chi connectivity index (χ1v) is 16.2. The van der Waals surface area contributed by atoms with Crippen LogP contribution in [-0.2, 0) is 30.9 Å². The number of ether oxygens (including phenoxy) is 3. The van der Waals surface area contributed by atoms with Crippen LogP contribution in [0, 0.1) is 0 Å². The fourth-order valence-electron chi connectivity index (χ4n) is 5.54. The van der Waals surface area contributed by atoms with Gasteiger partial charge in [0.15, 0.2) is 20.2 Å². The predicted octanol–water partition coefficient (Wildman–Crippen LogP) is 6.39. The van der Waals surface area contributed by atoms with E-state index < -0.39 is 25.6 Å². The van der Waals surface area contributed by atoms with Crippen LogP contribution in [0.2, 0.25) is 18.1 Å². The molecule has 0 radical (unpaired) electrons. The molecule has 204 valence electrons. The molecule has 38 heavy (non-hydrogen) atoms. The van der Waals surface area contributed by atoms with Gasteiger partial charge in [0.2, 0.25) is 0 Å². The molecule has 1 aliphatic heterocycles. The number of methoxy groups -OCH3 is 1. The molecule has 0 saturated carbocycles. The summed E-state index contributed by atoms with van der Waals surface area (Å²) in [5.41, 5.74) is -0.636. The molecule has 2 unspecified atom stereocenters. The van der Waals surface area contributed by atoms with Crippen molar-refractivity contribution in [2.75, 3.05) is 13.7 Å². The van der Waals surface area contributed by atoms with Crippen molar-refractivity contribution in [3.63, 3.8) is 0 Å². The number of rotatable bonds is 8. The number of carbonyl (C=O) groups is 2. The number of hydrogen-bond donors (Lipinski definition) is 0. The maximum atomic E-state index is 14.4. The van der Waals surface area contributed by atoms with Crippen molar-refractivity contribution in [1.82, 2.24) is 0 Å². The van der Waals surface area contributed by atoms with Crippen LogP contribution < -0.4 is 4.74 Å². The zero-order valence-corrected chi connectivity index (χ0v) is 24.5. The molecular formula is C31H40O6Si. The van der Waals surface area contributed by atoms with Crippen LogP contribution >= 0.6 is 0 Å². The van der Waals surface area contributed by atoms with E-state index in [0.717, 1.165) is 24.7 Å². The Balaban J connectivity index is 2.04. The third kappa shape index (κ3) is 4.49. The van der Waals surface area contributed by atoms with Gasteiger partial charge in [-0.1, -0.05) is 69.8 Å². The third-order valence-corrected chi connectivity index (χ3v) is 12.9. The van der Waals surface area contributed by atoms with Crippen molar-refractivity contribution in [2.45, 2.75) is 82.1 Å². The minimum absolute atomic E-state index is 0.195. The van der Waals surface area contributed by atoms with Gasteiger partial charge in [-0.15, -0.1) is 0 Å². The van der Waals surface area contributed by atoms with E-state index in [-0.39, 0.29) is 23.0 Å². The first-order chi connectivity index (χ1) is 17.9. The van der Waals surface area contributed by atoms with Gasteiger partial charge in [0.25, 0.3) is 0 Å². The Morgan fingerprint density at radius 1 is 1.13 bits per heavy atom. The Labute approximate surface area is 227 Å². The van der Waals surface area contributed by atoms with Crippen LogP contribution in [0.25, 0.3) is 0 Å². The minimum atomic E-state index is -2.60. The number of benzene rings is 2. The first kappa shape index (κ1) is 28.4. The molecule has 2 aromatic rings. The van der Waals surface area contributed by atoms with E-state index >= 15 is 0 Å². The molecule has 0 amide bonds. The molecule has 0 bridgehead atoms. The SMILES string of the molecule is C=C(C=O)C1(O[Si](C)(C)C(C)(C)C)c2cccc(OC)c2C(=O)C(OCc2ccccc2)[C@]12CCCCO2. The monoisotopic (exact) mass is 536 g/mol. The predicted molar refractivity (Wildman–Crippen MR) is 150 cm³/mol. The molecule has 0 aromatic heterocycles. The van der Waals surface area contributed by atoms with Crippen molar-refractivity contribution in [3.8, 4) is 5.75 Å². The Kier molecular flexibility index (Phi) is 7.88. The van der Waals surface area contributed by atoms with E-state index in [1.807, 2.05) is 42.5 Å². The van der Waals surface area contributed by atoms with Crippen LogP contribution in [-0.4, -0.2) is 45.8 Å². The topological polar surface area (TPSA) is 71.1 Å². The van der Waals surface area contributed by atoms with Gasteiger partial charge in [-0.25, -0.2) is 0 Å². The van der Waals surface area contributed by atoms with E-state index in [1.165, 1.54) is 7.11 Å². The molecule has 1 fully saturated rings. The molecule has 2 aliphatic rings. The van der Waals surface area contributed by atoms with Crippen LogP contribution in [0.1, 0.15) is 61.5 Å². The molecule has 6 nitrogen and oxygen atoms in total. The largest absolute Gasteiger partial charge is 0.496 e. The number of Topliss-reactive ketones (excluding diaryl/α,β-unsaturated/α-hetero) is 1. The third-order valence-electron chi connectivity index (χ3n) is 8.50. The highest BCUT2D eigenvalue weighted by Gasteiger charge is 2.69. The molecule has 2 aromatic carbocycles. The molecule has 1 aliphatic carbocycles. The molecule has 3 atom stereocenters. The van der Waals surface area contributed by atoms with Crippen molar-refractivity contribution in [1.29, 1.82) is 0 Å². The maximum Gasteiger partial charge on any atom is 0.198 e.